The van der Waals surface area contributed by atoms with Gasteiger partial charge in [-0.05, 0) is 23.8 Å². The van der Waals surface area contributed by atoms with Crippen molar-refractivity contribution in [3.05, 3.63) is 47.6 Å². The van der Waals surface area contributed by atoms with Crippen molar-refractivity contribution in [1.82, 2.24) is 0 Å². The van der Waals surface area contributed by atoms with Crippen molar-refractivity contribution < 1.29 is 28.8 Å². The molecule has 1 aliphatic carbocycles. The highest BCUT2D eigenvalue weighted by atomic mass is 16.7. The quantitative estimate of drug-likeness (QED) is 0.824. The van der Waals surface area contributed by atoms with Crippen LogP contribution in [-0.4, -0.2) is 51.7 Å². The first-order valence-corrected chi connectivity index (χ1v) is 8.13. The Labute approximate surface area is 147 Å². The summed E-state index contributed by atoms with van der Waals surface area (Å²) in [4.78, 5) is 0. The molecular formula is C19H24O6. The smallest absolute Gasteiger partial charge is 0.218 e. The molecule has 3 unspecified atom stereocenters. The van der Waals surface area contributed by atoms with Crippen LogP contribution in [0.4, 0.5) is 0 Å². The monoisotopic (exact) mass is 348 g/mol. The maximum Gasteiger partial charge on any atom is 0.218 e. The van der Waals surface area contributed by atoms with Crippen molar-refractivity contribution in [3.63, 3.8) is 0 Å². The Morgan fingerprint density at radius 1 is 1.16 bits per heavy atom. The Kier molecular flexibility index (Phi) is 5.15. The molecule has 0 aromatic heterocycles. The van der Waals surface area contributed by atoms with Gasteiger partial charge in [0, 0.05) is 45.3 Å². The Morgan fingerprint density at radius 3 is 2.56 bits per heavy atom. The third-order valence-electron chi connectivity index (χ3n) is 4.84. The average molecular weight is 348 g/mol. The molecule has 1 aliphatic heterocycles. The van der Waals surface area contributed by atoms with Crippen molar-refractivity contribution in [1.29, 1.82) is 0 Å². The van der Waals surface area contributed by atoms with E-state index in [1.807, 2.05) is 30.4 Å². The van der Waals surface area contributed by atoms with Crippen molar-refractivity contribution in [2.75, 3.05) is 28.4 Å². The zero-order valence-corrected chi connectivity index (χ0v) is 14.9. The predicted molar refractivity (Wildman–Crippen MR) is 91.8 cm³/mol. The van der Waals surface area contributed by atoms with E-state index >= 15 is 0 Å². The van der Waals surface area contributed by atoms with Gasteiger partial charge in [-0.1, -0.05) is 12.1 Å². The Balaban J connectivity index is 1.98. The maximum atomic E-state index is 10.1. The first-order valence-electron chi connectivity index (χ1n) is 8.13. The van der Waals surface area contributed by atoms with Crippen LogP contribution in [0.15, 0.2) is 42.0 Å². The minimum absolute atomic E-state index is 0.0229. The van der Waals surface area contributed by atoms with E-state index in [0.717, 1.165) is 11.1 Å². The number of hydrogen-bond acceptors (Lipinski definition) is 6. The molecule has 0 fully saturated rings. The molecular weight excluding hydrogens is 324 g/mol. The van der Waals surface area contributed by atoms with Crippen molar-refractivity contribution >= 4 is 0 Å². The molecule has 1 heterocycles. The van der Waals surface area contributed by atoms with Gasteiger partial charge in [-0.25, -0.2) is 0 Å². The van der Waals surface area contributed by atoms with Gasteiger partial charge in [0.25, 0.3) is 0 Å². The molecule has 0 spiro atoms. The Morgan fingerprint density at radius 2 is 1.92 bits per heavy atom. The van der Waals surface area contributed by atoms with E-state index in [2.05, 4.69) is 0 Å². The Hall–Kier alpha value is -1.86. The molecule has 0 bridgehead atoms. The lowest BCUT2D eigenvalue weighted by atomic mass is 9.82. The van der Waals surface area contributed by atoms with Crippen LogP contribution in [0.3, 0.4) is 0 Å². The number of aliphatic hydroxyl groups is 1. The van der Waals surface area contributed by atoms with Crippen LogP contribution < -0.4 is 9.47 Å². The lowest BCUT2D eigenvalue weighted by molar-refractivity contribution is -0.221. The van der Waals surface area contributed by atoms with Crippen LogP contribution in [0.1, 0.15) is 17.9 Å². The second-order valence-electron chi connectivity index (χ2n) is 6.05. The van der Waals surface area contributed by atoms with Crippen LogP contribution >= 0.6 is 0 Å². The minimum Gasteiger partial charge on any atom is -0.497 e. The van der Waals surface area contributed by atoms with Gasteiger partial charge in [-0.15, -0.1) is 0 Å². The molecule has 1 N–H and O–H groups in total. The topological polar surface area (TPSA) is 66.4 Å². The highest BCUT2D eigenvalue weighted by molar-refractivity contribution is 5.50. The van der Waals surface area contributed by atoms with Crippen LogP contribution in [0, 0.1) is 0 Å². The normalized spacial score (nSPS) is 27.2. The fraction of sp³-hybridized carbons (Fsp3) is 0.474. The van der Waals surface area contributed by atoms with Gasteiger partial charge in [0.05, 0.1) is 7.11 Å². The molecule has 6 nitrogen and oxygen atoms in total. The molecule has 2 aliphatic rings. The zero-order chi connectivity index (χ0) is 18.0. The fourth-order valence-electron chi connectivity index (χ4n) is 3.44. The van der Waals surface area contributed by atoms with E-state index in [0.29, 0.717) is 17.9 Å². The molecule has 25 heavy (non-hydrogen) atoms. The highest BCUT2D eigenvalue weighted by Gasteiger charge is 2.40. The number of aliphatic hydroxyl groups excluding tert-OH is 1. The Bertz CT molecular complexity index is 676. The summed E-state index contributed by atoms with van der Waals surface area (Å²) >= 11 is 0. The van der Waals surface area contributed by atoms with Gasteiger partial charge < -0.3 is 28.8 Å². The number of hydrogen-bond donors (Lipinski definition) is 1. The molecule has 6 heteroatoms. The van der Waals surface area contributed by atoms with Gasteiger partial charge >= 0.3 is 0 Å². The van der Waals surface area contributed by atoms with Gasteiger partial charge in [0.2, 0.25) is 5.79 Å². The molecule has 136 valence electrons. The molecule has 3 rings (SSSR count). The highest BCUT2D eigenvalue weighted by Crippen LogP contribution is 2.44. The first-order chi connectivity index (χ1) is 12.1. The van der Waals surface area contributed by atoms with Crippen LogP contribution in [-0.2, 0) is 14.2 Å². The van der Waals surface area contributed by atoms with E-state index in [4.69, 9.17) is 23.7 Å². The van der Waals surface area contributed by atoms with E-state index in [9.17, 15) is 5.11 Å². The largest absolute Gasteiger partial charge is 0.497 e. The summed E-state index contributed by atoms with van der Waals surface area (Å²) in [5.41, 5.74) is 2.02. The van der Waals surface area contributed by atoms with Gasteiger partial charge in [0.15, 0.2) is 6.29 Å². The second-order valence-corrected chi connectivity index (χ2v) is 6.05. The average Bonchev–Trinajstić information content (AvgIpc) is 2.66. The molecule has 0 radical (unpaired) electrons. The van der Waals surface area contributed by atoms with Crippen LogP contribution in [0.5, 0.6) is 11.5 Å². The third kappa shape index (κ3) is 3.18. The van der Waals surface area contributed by atoms with E-state index in [1.165, 1.54) is 0 Å². The van der Waals surface area contributed by atoms with E-state index < -0.39 is 18.2 Å². The fourth-order valence-corrected chi connectivity index (χ4v) is 3.44. The molecule has 0 amide bonds. The summed E-state index contributed by atoms with van der Waals surface area (Å²) < 4.78 is 27.4. The summed E-state index contributed by atoms with van der Waals surface area (Å²) in [6.07, 6.45) is 4.96. The van der Waals surface area contributed by atoms with Crippen LogP contribution in [0.2, 0.25) is 0 Å². The number of fused-ring (bicyclic) bond motifs is 1. The standard InChI is InChI=1S/C19H24O6/c1-21-13-5-6-14-15(11-18(20)25-16(14)10-13)12-7-8-19(23-3,24-4)17(9-12)22-2/h5-10,15,17-18,20H,11H2,1-4H3. The minimum atomic E-state index is -0.954. The summed E-state index contributed by atoms with van der Waals surface area (Å²) in [5, 5.41) is 10.1. The van der Waals surface area contributed by atoms with Gasteiger partial charge in [0.1, 0.15) is 17.6 Å². The van der Waals surface area contributed by atoms with E-state index in [-0.39, 0.29) is 5.92 Å². The predicted octanol–water partition coefficient (Wildman–Crippen LogP) is 2.38. The number of allylic oxidation sites excluding steroid dienone is 2. The van der Waals surface area contributed by atoms with Crippen LogP contribution in [0.25, 0.3) is 0 Å². The number of rotatable bonds is 5. The third-order valence-corrected chi connectivity index (χ3v) is 4.84. The molecule has 1 aromatic rings. The lowest BCUT2D eigenvalue weighted by Gasteiger charge is -2.38. The number of ether oxygens (including phenoxy) is 5. The van der Waals surface area contributed by atoms with Gasteiger partial charge in [-0.2, -0.15) is 0 Å². The molecule has 0 saturated heterocycles. The van der Waals surface area contributed by atoms with Crippen molar-refractivity contribution in [2.45, 2.75) is 30.5 Å². The number of benzene rings is 1. The summed E-state index contributed by atoms with van der Waals surface area (Å²) in [6.45, 7) is 0. The number of methoxy groups -OCH3 is 4. The summed E-state index contributed by atoms with van der Waals surface area (Å²) in [5.74, 6) is 0.337. The SMILES string of the molecule is COc1ccc2c(c1)OC(O)CC2C1=CC(OC)C(OC)(OC)C=C1. The molecule has 0 saturated carbocycles. The summed E-state index contributed by atoms with van der Waals surface area (Å²) in [6, 6.07) is 5.65. The first kappa shape index (κ1) is 17.9. The van der Waals surface area contributed by atoms with Crippen molar-refractivity contribution in [2.24, 2.45) is 0 Å². The maximum absolute atomic E-state index is 10.1. The van der Waals surface area contributed by atoms with Gasteiger partial charge in [-0.3, -0.25) is 0 Å². The summed E-state index contributed by atoms with van der Waals surface area (Å²) in [7, 11) is 6.38. The lowest BCUT2D eigenvalue weighted by Crippen LogP contribution is -2.46. The van der Waals surface area contributed by atoms with E-state index in [1.54, 1.807) is 34.5 Å². The van der Waals surface area contributed by atoms with Crippen molar-refractivity contribution in [3.8, 4) is 11.5 Å². The zero-order valence-electron chi connectivity index (χ0n) is 14.9. The molecule has 1 aromatic carbocycles. The molecule has 3 atom stereocenters. The second kappa shape index (κ2) is 7.17.